The van der Waals surface area contributed by atoms with E-state index in [4.69, 9.17) is 19.4 Å². The minimum Gasteiger partial charge on any atom is -0.493 e. The van der Waals surface area contributed by atoms with Gasteiger partial charge in [0.25, 0.3) is 0 Å². The van der Waals surface area contributed by atoms with Gasteiger partial charge >= 0.3 is 0 Å². The van der Waals surface area contributed by atoms with Gasteiger partial charge in [-0.1, -0.05) is 36.4 Å². The molecular weight excluding hydrogens is 697 g/mol. The van der Waals surface area contributed by atoms with Crippen LogP contribution in [0.5, 0.6) is 11.5 Å². The first kappa shape index (κ1) is 34.8. The number of H-pyrrole nitrogens is 2. The van der Waals surface area contributed by atoms with Crippen molar-refractivity contribution in [2.45, 2.75) is 38.8 Å². The van der Waals surface area contributed by atoms with E-state index in [1.807, 2.05) is 73.9 Å². The molecule has 2 aliphatic rings. The van der Waals surface area contributed by atoms with Gasteiger partial charge in [-0.15, -0.1) is 0 Å². The number of aryl methyl sites for hydroxylation is 2. The maximum absolute atomic E-state index is 6.53. The molecule has 10 heteroatoms. The van der Waals surface area contributed by atoms with Crippen molar-refractivity contribution in [3.05, 3.63) is 145 Å². The second-order valence-corrected chi connectivity index (χ2v) is 13.9. The third-order valence-electron chi connectivity index (χ3n) is 9.97. The second kappa shape index (κ2) is 16.2. The minimum atomic E-state index is 0.595. The second-order valence-electron chi connectivity index (χ2n) is 13.9. The number of aromatic amines is 2. The Balaban J connectivity index is 1.15. The predicted octanol–water partition coefficient (Wildman–Crippen LogP) is 10.1. The summed E-state index contributed by atoms with van der Waals surface area (Å²) < 4.78 is 17.2. The molecule has 7 heterocycles. The number of nitrogens with zero attached hydrogens (tertiary/aromatic N) is 6. The third kappa shape index (κ3) is 7.81. The molecule has 0 radical (unpaired) electrons. The van der Waals surface area contributed by atoms with E-state index in [9.17, 15) is 0 Å². The number of imidazole rings is 2. The number of hydrogen-bond donors (Lipinski definition) is 2. The van der Waals surface area contributed by atoms with Crippen LogP contribution in [0.25, 0.3) is 68.6 Å². The van der Waals surface area contributed by atoms with Crippen molar-refractivity contribution in [1.29, 1.82) is 0 Å². The lowest BCUT2D eigenvalue weighted by atomic mass is 10.0. The summed E-state index contributed by atoms with van der Waals surface area (Å²) in [6.45, 7) is 3.00. The summed E-state index contributed by atoms with van der Waals surface area (Å²) in [5, 5.41) is 0. The lowest BCUT2D eigenvalue weighted by Gasteiger charge is -2.13. The molecule has 8 bridgehead atoms. The zero-order chi connectivity index (χ0) is 37.5. The summed E-state index contributed by atoms with van der Waals surface area (Å²) >= 11 is 0. The number of aromatic nitrogens is 8. The van der Waals surface area contributed by atoms with E-state index in [1.54, 1.807) is 0 Å². The first-order chi connectivity index (χ1) is 27.7. The number of para-hydroxylation sites is 2. The number of rotatable bonds is 14. The van der Waals surface area contributed by atoms with Gasteiger partial charge in [0.1, 0.15) is 11.5 Å². The third-order valence-corrected chi connectivity index (χ3v) is 9.97. The van der Waals surface area contributed by atoms with Crippen LogP contribution in [0.15, 0.2) is 122 Å². The van der Waals surface area contributed by atoms with Crippen LogP contribution in [0.2, 0.25) is 0 Å². The van der Waals surface area contributed by atoms with Crippen LogP contribution in [0, 0.1) is 0 Å². The van der Waals surface area contributed by atoms with Crippen molar-refractivity contribution in [2.24, 2.45) is 0 Å². The van der Waals surface area contributed by atoms with Crippen molar-refractivity contribution < 1.29 is 9.47 Å². The van der Waals surface area contributed by atoms with Gasteiger partial charge in [0.2, 0.25) is 0 Å². The summed E-state index contributed by atoms with van der Waals surface area (Å²) in [5.74, 6) is 1.62. The van der Waals surface area contributed by atoms with E-state index in [0.717, 1.165) is 117 Å². The van der Waals surface area contributed by atoms with Crippen molar-refractivity contribution in [1.82, 2.24) is 39.0 Å². The monoisotopic (exact) mass is 738 g/mol. The van der Waals surface area contributed by atoms with Crippen LogP contribution in [0.3, 0.4) is 0 Å². The van der Waals surface area contributed by atoms with Crippen LogP contribution in [-0.4, -0.2) is 52.3 Å². The fraction of sp³-hybridized carbons (Fsp3) is 0.174. The molecule has 2 N–H and O–H groups in total. The van der Waals surface area contributed by atoms with Crippen LogP contribution < -0.4 is 9.47 Å². The molecule has 0 saturated carbocycles. The van der Waals surface area contributed by atoms with Gasteiger partial charge in [-0.2, -0.15) is 0 Å². The van der Waals surface area contributed by atoms with Crippen LogP contribution in [0.1, 0.15) is 48.5 Å². The molecule has 5 aromatic heterocycles. The predicted molar refractivity (Wildman–Crippen MR) is 224 cm³/mol. The average molecular weight is 739 g/mol. The van der Waals surface area contributed by atoms with Crippen molar-refractivity contribution >= 4 is 46.4 Å². The van der Waals surface area contributed by atoms with Crippen molar-refractivity contribution in [2.75, 3.05) is 13.2 Å². The first-order valence-corrected chi connectivity index (χ1v) is 19.2. The standard InChI is InChI=1S/C46H42N8O2/c1-3-11-43(55-27-7-5-23-53-25-21-47-31-53)37(9-1)45-39-17-15-35(50-39)29-33-13-14-34(49-33)30-36-16-18-40(51-36)46(42-20-19-41(45)52-42)38-10-2-4-12-44(38)56-28-8-6-24-54-26-22-48-32-54/h1-4,9-22,25-26,29-32,50-51H,5-8,23-24,27-28H2. The van der Waals surface area contributed by atoms with E-state index < -0.39 is 0 Å². The Bertz CT molecular complexity index is 2490. The summed E-state index contributed by atoms with van der Waals surface area (Å²) in [6, 6.07) is 29.0. The molecule has 0 amide bonds. The molecule has 0 atom stereocenters. The van der Waals surface area contributed by atoms with Gasteiger partial charge in [0, 0.05) is 82.2 Å². The highest BCUT2D eigenvalue weighted by molar-refractivity contribution is 5.97. The van der Waals surface area contributed by atoms with Gasteiger partial charge in [0.15, 0.2) is 0 Å². The Kier molecular flexibility index (Phi) is 10.1. The lowest BCUT2D eigenvalue weighted by molar-refractivity contribution is 0.304. The topological polar surface area (TPSA) is 111 Å². The van der Waals surface area contributed by atoms with E-state index in [1.165, 1.54) is 0 Å². The van der Waals surface area contributed by atoms with Gasteiger partial charge in [-0.25, -0.2) is 19.9 Å². The van der Waals surface area contributed by atoms with E-state index in [2.05, 4.69) is 102 Å². The number of hydrogen-bond acceptors (Lipinski definition) is 6. The first-order valence-electron chi connectivity index (χ1n) is 19.2. The molecule has 0 aliphatic carbocycles. The Morgan fingerprint density at radius 3 is 1.50 bits per heavy atom. The zero-order valence-electron chi connectivity index (χ0n) is 31.0. The number of nitrogens with one attached hydrogen (secondary N) is 2. The Morgan fingerprint density at radius 2 is 1.02 bits per heavy atom. The molecule has 0 fully saturated rings. The molecule has 0 spiro atoms. The maximum atomic E-state index is 6.53. The zero-order valence-corrected chi connectivity index (χ0v) is 31.0. The Labute approximate surface area is 324 Å². The molecule has 2 aliphatic heterocycles. The van der Waals surface area contributed by atoms with E-state index in [-0.39, 0.29) is 0 Å². The van der Waals surface area contributed by atoms with E-state index in [0.29, 0.717) is 13.2 Å². The average Bonchev–Trinajstić information content (AvgIpc) is 4.08. The molecule has 278 valence electrons. The van der Waals surface area contributed by atoms with Gasteiger partial charge in [-0.3, -0.25) is 0 Å². The van der Waals surface area contributed by atoms with Crippen molar-refractivity contribution in [3.8, 4) is 33.8 Å². The maximum Gasteiger partial charge on any atom is 0.127 e. The SMILES string of the molecule is C1=Cc2cc3ccc([nH]3)c(-c3ccccc3OCCCCn3ccnc3)c3nc(c(-c4ccccc4OCCCCn4ccnc4)c4ccc(cc1n2)[nH]4)C=C3. The fourth-order valence-corrected chi connectivity index (χ4v) is 7.23. The van der Waals surface area contributed by atoms with Crippen LogP contribution in [-0.2, 0) is 13.1 Å². The highest BCUT2D eigenvalue weighted by Crippen LogP contribution is 2.40. The normalized spacial score (nSPS) is 12.0. The molecule has 0 saturated heterocycles. The minimum absolute atomic E-state index is 0.595. The van der Waals surface area contributed by atoms with Crippen molar-refractivity contribution in [3.63, 3.8) is 0 Å². The fourth-order valence-electron chi connectivity index (χ4n) is 7.23. The number of benzene rings is 2. The Morgan fingerprint density at radius 1 is 0.518 bits per heavy atom. The number of fused-ring (bicyclic) bond motifs is 8. The number of ether oxygens (including phenoxy) is 2. The summed E-state index contributed by atoms with van der Waals surface area (Å²) in [4.78, 5) is 26.0. The molecule has 0 unspecified atom stereocenters. The molecular formula is C46H42N8O2. The highest BCUT2D eigenvalue weighted by atomic mass is 16.5. The van der Waals surface area contributed by atoms with E-state index >= 15 is 0 Å². The lowest BCUT2D eigenvalue weighted by Crippen LogP contribution is -2.02. The smallest absolute Gasteiger partial charge is 0.127 e. The summed E-state index contributed by atoms with van der Waals surface area (Å²) in [5.41, 5.74) is 11.0. The molecule has 56 heavy (non-hydrogen) atoms. The van der Waals surface area contributed by atoms with Crippen LogP contribution in [0.4, 0.5) is 0 Å². The molecule has 2 aromatic carbocycles. The molecule has 10 nitrogen and oxygen atoms in total. The van der Waals surface area contributed by atoms with Gasteiger partial charge < -0.3 is 28.6 Å². The quantitative estimate of drug-likeness (QED) is 0.107. The highest BCUT2D eigenvalue weighted by Gasteiger charge is 2.19. The largest absolute Gasteiger partial charge is 0.493 e. The molecule has 7 aromatic rings. The number of unbranched alkanes of at least 4 members (excludes halogenated alkanes) is 2. The summed E-state index contributed by atoms with van der Waals surface area (Å²) in [6.07, 6.45) is 23.4. The van der Waals surface area contributed by atoms with Gasteiger partial charge in [0.05, 0.1) is 48.6 Å². The summed E-state index contributed by atoms with van der Waals surface area (Å²) in [7, 11) is 0. The van der Waals surface area contributed by atoms with Crippen LogP contribution >= 0.6 is 0 Å². The Hall–Kier alpha value is -6.94. The molecule has 9 rings (SSSR count). The van der Waals surface area contributed by atoms with Gasteiger partial charge in [-0.05, 0) is 98.5 Å².